The first-order valence-electron chi connectivity index (χ1n) is 6.08. The van der Waals surface area contributed by atoms with Crippen molar-refractivity contribution in [2.45, 2.75) is 0 Å². The Balaban J connectivity index is 2.02. The molecule has 0 spiro atoms. The van der Waals surface area contributed by atoms with Gasteiger partial charge in [0, 0.05) is 28.3 Å². The van der Waals surface area contributed by atoms with E-state index in [0.717, 1.165) is 11.3 Å². The summed E-state index contributed by atoms with van der Waals surface area (Å²) in [6, 6.07) is 5.23. The van der Waals surface area contributed by atoms with Crippen LogP contribution in [0.2, 0.25) is 10.0 Å². The Hall–Kier alpha value is -0.790. The zero-order valence-corrected chi connectivity index (χ0v) is 14.1. The molecule has 1 aromatic carbocycles. The minimum absolute atomic E-state index is 0.0865. The number of halogens is 2. The molecular formula is C13H13Cl2N3OS2. The molecule has 21 heavy (non-hydrogen) atoms. The molecule has 1 aromatic heterocycles. The van der Waals surface area contributed by atoms with Crippen molar-refractivity contribution in [1.29, 1.82) is 0 Å². The van der Waals surface area contributed by atoms with Crippen molar-refractivity contribution in [3.63, 3.8) is 0 Å². The van der Waals surface area contributed by atoms with Crippen molar-refractivity contribution in [3.8, 4) is 11.3 Å². The zero-order chi connectivity index (χ0) is 15.2. The number of thioether (sulfide) groups is 1. The second-order valence-corrected chi connectivity index (χ2v) is 6.86. The Morgan fingerprint density at radius 1 is 1.43 bits per heavy atom. The third kappa shape index (κ3) is 4.86. The molecule has 1 heterocycles. The first-order chi connectivity index (χ1) is 10.1. The summed E-state index contributed by atoms with van der Waals surface area (Å²) < 4.78 is 0. The molecule has 0 fully saturated rings. The summed E-state index contributed by atoms with van der Waals surface area (Å²) in [6.45, 7) is 0.564. The molecule has 0 unspecified atom stereocenters. The molecule has 0 saturated heterocycles. The van der Waals surface area contributed by atoms with Gasteiger partial charge in [-0.05, 0) is 18.2 Å². The summed E-state index contributed by atoms with van der Waals surface area (Å²) in [6.07, 6.45) is 0. The van der Waals surface area contributed by atoms with Crippen molar-refractivity contribution in [3.05, 3.63) is 33.6 Å². The number of nitrogens with one attached hydrogen (secondary N) is 1. The molecule has 8 heteroatoms. The summed E-state index contributed by atoms with van der Waals surface area (Å²) >= 11 is 14.9. The highest BCUT2D eigenvalue weighted by molar-refractivity contribution is 7.99. The maximum atomic E-state index is 11.7. The van der Waals surface area contributed by atoms with E-state index < -0.39 is 0 Å². The summed E-state index contributed by atoms with van der Waals surface area (Å²) in [4.78, 5) is 16.1. The number of rotatable bonds is 6. The first-order valence-corrected chi connectivity index (χ1v) is 8.88. The predicted octanol–water partition coefficient (Wildman–Crippen LogP) is 3.75. The van der Waals surface area contributed by atoms with Crippen LogP contribution in [-0.4, -0.2) is 28.9 Å². The Morgan fingerprint density at radius 3 is 2.95 bits per heavy atom. The summed E-state index contributed by atoms with van der Waals surface area (Å²) in [5.41, 5.74) is 6.88. The lowest BCUT2D eigenvalue weighted by Gasteiger charge is -2.02. The van der Waals surface area contributed by atoms with Crippen molar-refractivity contribution in [2.24, 2.45) is 5.73 Å². The quantitative estimate of drug-likeness (QED) is 0.768. The molecule has 0 aliphatic carbocycles. The topological polar surface area (TPSA) is 68.0 Å². The number of anilines is 1. The standard InChI is InChI=1S/C13H13Cl2N3OS2/c14-8-1-2-9(10(15)5-8)11-6-21-13(17-11)18-12(19)7-20-4-3-16/h1-2,5-6H,3-4,7,16H2,(H,17,18,19). The smallest absolute Gasteiger partial charge is 0.236 e. The van der Waals surface area contributed by atoms with Gasteiger partial charge in [-0.25, -0.2) is 4.98 Å². The van der Waals surface area contributed by atoms with Gasteiger partial charge in [0.15, 0.2) is 5.13 Å². The van der Waals surface area contributed by atoms with Gasteiger partial charge >= 0.3 is 0 Å². The summed E-state index contributed by atoms with van der Waals surface area (Å²) in [5.74, 6) is 1.04. The van der Waals surface area contributed by atoms with Gasteiger partial charge in [0.25, 0.3) is 0 Å². The largest absolute Gasteiger partial charge is 0.330 e. The van der Waals surface area contributed by atoms with E-state index >= 15 is 0 Å². The summed E-state index contributed by atoms with van der Waals surface area (Å²) in [5, 5.41) is 6.26. The van der Waals surface area contributed by atoms with Gasteiger partial charge in [0.2, 0.25) is 5.91 Å². The number of thiazole rings is 1. The van der Waals surface area contributed by atoms with Crippen LogP contribution in [0, 0.1) is 0 Å². The van der Waals surface area contributed by atoms with Crippen LogP contribution < -0.4 is 11.1 Å². The maximum absolute atomic E-state index is 11.7. The van der Waals surface area contributed by atoms with E-state index in [-0.39, 0.29) is 5.91 Å². The third-order valence-corrected chi connectivity index (χ3v) is 4.75. The van der Waals surface area contributed by atoms with Gasteiger partial charge in [0.1, 0.15) is 0 Å². The molecule has 0 aliphatic heterocycles. The number of nitrogens with two attached hydrogens (primary N) is 1. The van der Waals surface area contributed by atoms with Gasteiger partial charge in [-0.15, -0.1) is 11.3 Å². The van der Waals surface area contributed by atoms with E-state index in [9.17, 15) is 4.79 Å². The average Bonchev–Trinajstić information content (AvgIpc) is 2.87. The molecule has 2 aromatic rings. The van der Waals surface area contributed by atoms with E-state index in [1.54, 1.807) is 12.1 Å². The Kier molecular flexibility index (Phi) is 6.32. The number of carbonyl (C=O) groups excluding carboxylic acids is 1. The number of aromatic nitrogens is 1. The fourth-order valence-corrected chi connectivity index (χ4v) is 3.36. The van der Waals surface area contributed by atoms with Crippen molar-refractivity contribution >= 4 is 57.3 Å². The molecule has 0 aliphatic rings. The van der Waals surface area contributed by atoms with E-state index in [1.807, 2.05) is 11.4 Å². The van der Waals surface area contributed by atoms with Gasteiger partial charge in [-0.3, -0.25) is 4.79 Å². The number of nitrogens with zero attached hydrogens (tertiary/aromatic N) is 1. The summed E-state index contributed by atoms with van der Waals surface area (Å²) in [7, 11) is 0. The number of benzene rings is 1. The monoisotopic (exact) mass is 361 g/mol. The van der Waals surface area contributed by atoms with Crippen molar-refractivity contribution < 1.29 is 4.79 Å². The van der Waals surface area contributed by atoms with Gasteiger partial charge in [-0.1, -0.05) is 23.2 Å². The molecule has 3 N–H and O–H groups in total. The van der Waals surface area contributed by atoms with Crippen LogP contribution in [0.15, 0.2) is 23.6 Å². The van der Waals surface area contributed by atoms with Crippen LogP contribution >= 0.6 is 46.3 Å². The van der Waals surface area contributed by atoms with Crippen molar-refractivity contribution in [2.75, 3.05) is 23.4 Å². The Bertz CT molecular complexity index is 634. The first kappa shape index (κ1) is 16.6. The van der Waals surface area contributed by atoms with E-state index in [4.69, 9.17) is 28.9 Å². The number of hydrogen-bond donors (Lipinski definition) is 2. The highest BCUT2D eigenvalue weighted by Crippen LogP contribution is 2.32. The fourth-order valence-electron chi connectivity index (χ4n) is 1.56. The van der Waals surface area contributed by atoms with E-state index in [0.29, 0.717) is 33.2 Å². The lowest BCUT2D eigenvalue weighted by atomic mass is 10.2. The zero-order valence-electron chi connectivity index (χ0n) is 10.9. The minimum Gasteiger partial charge on any atom is -0.330 e. The Labute approximate surface area is 141 Å². The molecule has 4 nitrogen and oxygen atoms in total. The van der Waals surface area contributed by atoms with Crippen LogP contribution in [0.5, 0.6) is 0 Å². The molecule has 112 valence electrons. The number of hydrogen-bond acceptors (Lipinski definition) is 5. The molecule has 0 atom stereocenters. The lowest BCUT2D eigenvalue weighted by molar-refractivity contribution is -0.113. The lowest BCUT2D eigenvalue weighted by Crippen LogP contribution is -2.15. The molecule has 2 rings (SSSR count). The van der Waals surface area contributed by atoms with Crippen LogP contribution in [0.1, 0.15) is 0 Å². The van der Waals surface area contributed by atoms with Crippen molar-refractivity contribution in [1.82, 2.24) is 4.98 Å². The van der Waals surface area contributed by atoms with E-state index in [2.05, 4.69) is 10.3 Å². The van der Waals surface area contributed by atoms with Gasteiger partial charge < -0.3 is 11.1 Å². The van der Waals surface area contributed by atoms with Crippen LogP contribution in [0.4, 0.5) is 5.13 Å². The average molecular weight is 362 g/mol. The van der Waals surface area contributed by atoms with Crippen LogP contribution in [0.3, 0.4) is 0 Å². The molecule has 0 saturated carbocycles. The minimum atomic E-state index is -0.0865. The molecule has 0 radical (unpaired) electrons. The second-order valence-electron chi connectivity index (χ2n) is 4.05. The highest BCUT2D eigenvalue weighted by atomic mass is 35.5. The normalized spacial score (nSPS) is 10.6. The fraction of sp³-hybridized carbons (Fsp3) is 0.231. The molecule has 1 amide bonds. The van der Waals surface area contributed by atoms with Crippen LogP contribution in [0.25, 0.3) is 11.3 Å². The Morgan fingerprint density at radius 2 is 2.24 bits per heavy atom. The SMILES string of the molecule is NCCSCC(=O)Nc1nc(-c2ccc(Cl)cc2Cl)cs1. The predicted molar refractivity (Wildman–Crippen MR) is 92.6 cm³/mol. The highest BCUT2D eigenvalue weighted by Gasteiger charge is 2.10. The number of amides is 1. The maximum Gasteiger partial charge on any atom is 0.236 e. The second kappa shape index (κ2) is 8.00. The third-order valence-electron chi connectivity index (χ3n) is 2.45. The molecular weight excluding hydrogens is 349 g/mol. The molecule has 0 bridgehead atoms. The van der Waals surface area contributed by atoms with Crippen LogP contribution in [-0.2, 0) is 4.79 Å². The van der Waals surface area contributed by atoms with Gasteiger partial charge in [-0.2, -0.15) is 11.8 Å². The van der Waals surface area contributed by atoms with Gasteiger partial charge in [0.05, 0.1) is 16.5 Å². The van der Waals surface area contributed by atoms with E-state index in [1.165, 1.54) is 23.1 Å². The number of carbonyl (C=O) groups is 1.